The molecule has 1 aliphatic rings. The van der Waals surface area contributed by atoms with Crippen LogP contribution in [0.25, 0.3) is 0 Å². The fourth-order valence-corrected chi connectivity index (χ4v) is 2.61. The van der Waals surface area contributed by atoms with Crippen molar-refractivity contribution >= 4 is 16.7 Å². The van der Waals surface area contributed by atoms with E-state index in [0.717, 1.165) is 36.8 Å². The van der Waals surface area contributed by atoms with Gasteiger partial charge < -0.3 is 14.8 Å². The molecule has 0 spiro atoms. The smallest absolute Gasteiger partial charge is 0.202 e. The minimum absolute atomic E-state index is 0.346. The second-order valence-electron chi connectivity index (χ2n) is 4.16. The first-order chi connectivity index (χ1) is 8.30. The summed E-state index contributed by atoms with van der Waals surface area (Å²) in [7, 11) is 1.73. The van der Waals surface area contributed by atoms with Crippen LogP contribution < -0.4 is 5.32 Å². The molecule has 1 N–H and O–H groups in total. The molecular weight excluding hydrogens is 238 g/mol. The van der Waals surface area contributed by atoms with Gasteiger partial charge in [-0.3, -0.25) is 0 Å². The maximum Gasteiger partial charge on any atom is 0.202 e. The van der Waals surface area contributed by atoms with Crippen LogP contribution in [0.1, 0.15) is 32.0 Å². The van der Waals surface area contributed by atoms with Crippen LogP contribution in [0.2, 0.25) is 0 Å². The minimum atomic E-state index is -0.346. The Morgan fingerprint density at radius 1 is 1.47 bits per heavy atom. The van der Waals surface area contributed by atoms with Gasteiger partial charge in [0, 0.05) is 51.2 Å². The highest BCUT2D eigenvalue weighted by molar-refractivity contribution is 7.09. The molecule has 1 aliphatic heterocycles. The number of hydrogen-bond donors (Lipinski definition) is 1. The first-order valence-corrected chi connectivity index (χ1v) is 6.79. The Labute approximate surface area is 106 Å². The van der Waals surface area contributed by atoms with Gasteiger partial charge in [0.15, 0.2) is 5.82 Å². The van der Waals surface area contributed by atoms with Gasteiger partial charge in [0.25, 0.3) is 0 Å². The number of rotatable bonds is 5. The summed E-state index contributed by atoms with van der Waals surface area (Å²) in [6, 6.07) is 0. The molecule has 0 unspecified atom stereocenters. The topological polar surface area (TPSA) is 56.3 Å². The highest BCUT2D eigenvalue weighted by atomic mass is 32.1. The largest absolute Gasteiger partial charge is 0.381 e. The van der Waals surface area contributed by atoms with E-state index >= 15 is 0 Å². The van der Waals surface area contributed by atoms with Crippen LogP contribution in [0.4, 0.5) is 5.13 Å². The number of methoxy groups -OCH3 is 1. The molecule has 0 aliphatic carbocycles. The van der Waals surface area contributed by atoms with Crippen molar-refractivity contribution in [3.8, 4) is 0 Å². The molecule has 2 rings (SSSR count). The molecule has 0 amide bonds. The monoisotopic (exact) mass is 257 g/mol. The van der Waals surface area contributed by atoms with Gasteiger partial charge in [-0.25, -0.2) is 4.98 Å². The zero-order valence-electron chi connectivity index (χ0n) is 10.4. The molecular formula is C11H19N3O2S. The molecule has 1 saturated heterocycles. The Morgan fingerprint density at radius 2 is 2.24 bits per heavy atom. The van der Waals surface area contributed by atoms with Crippen LogP contribution in [0, 0.1) is 0 Å². The van der Waals surface area contributed by atoms with Crippen LogP contribution in [0.5, 0.6) is 0 Å². The predicted molar refractivity (Wildman–Crippen MR) is 67.4 cm³/mol. The molecule has 0 radical (unpaired) electrons. The Hall–Kier alpha value is -0.720. The van der Waals surface area contributed by atoms with Gasteiger partial charge in [0.05, 0.1) is 0 Å². The third-order valence-electron chi connectivity index (χ3n) is 3.05. The second-order valence-corrected chi connectivity index (χ2v) is 4.91. The first kappa shape index (κ1) is 12.7. The SMILES string of the molecule is CCCNc1nc(C2(OC)CCOCC2)ns1. The van der Waals surface area contributed by atoms with E-state index in [1.807, 2.05) is 0 Å². The maximum atomic E-state index is 5.66. The Morgan fingerprint density at radius 3 is 2.88 bits per heavy atom. The van der Waals surface area contributed by atoms with E-state index in [9.17, 15) is 0 Å². The molecule has 0 saturated carbocycles. The average Bonchev–Trinajstić information content (AvgIpc) is 2.86. The Bertz CT molecular complexity index is 350. The summed E-state index contributed by atoms with van der Waals surface area (Å²) in [6.07, 6.45) is 2.74. The zero-order chi connectivity index (χ0) is 12.1. The van der Waals surface area contributed by atoms with Gasteiger partial charge >= 0.3 is 0 Å². The number of nitrogens with zero attached hydrogens (tertiary/aromatic N) is 2. The molecule has 17 heavy (non-hydrogen) atoms. The van der Waals surface area contributed by atoms with Crippen molar-refractivity contribution in [2.45, 2.75) is 31.8 Å². The van der Waals surface area contributed by atoms with Crippen molar-refractivity contribution in [3.63, 3.8) is 0 Å². The Balaban J connectivity index is 2.10. The number of aromatic nitrogens is 2. The molecule has 1 aromatic heterocycles. The maximum absolute atomic E-state index is 5.66. The molecule has 1 aromatic rings. The highest BCUT2D eigenvalue weighted by Crippen LogP contribution is 2.34. The van der Waals surface area contributed by atoms with Crippen LogP contribution in [0.15, 0.2) is 0 Å². The van der Waals surface area contributed by atoms with Gasteiger partial charge in [-0.15, -0.1) is 0 Å². The van der Waals surface area contributed by atoms with E-state index in [1.54, 1.807) is 7.11 Å². The lowest BCUT2D eigenvalue weighted by Crippen LogP contribution is -2.36. The van der Waals surface area contributed by atoms with Crippen molar-refractivity contribution < 1.29 is 9.47 Å². The summed E-state index contributed by atoms with van der Waals surface area (Å²) in [6.45, 7) is 4.48. The van der Waals surface area contributed by atoms with E-state index < -0.39 is 0 Å². The minimum Gasteiger partial charge on any atom is -0.381 e. The van der Waals surface area contributed by atoms with Crippen LogP contribution in [-0.4, -0.2) is 36.2 Å². The van der Waals surface area contributed by atoms with Crippen molar-refractivity contribution in [3.05, 3.63) is 5.82 Å². The summed E-state index contributed by atoms with van der Waals surface area (Å²) < 4.78 is 15.5. The molecule has 6 heteroatoms. The van der Waals surface area contributed by atoms with Crippen LogP contribution in [-0.2, 0) is 15.1 Å². The molecule has 0 atom stereocenters. The summed E-state index contributed by atoms with van der Waals surface area (Å²) in [5.41, 5.74) is -0.346. The quantitative estimate of drug-likeness (QED) is 0.874. The Kier molecular flexibility index (Phi) is 4.31. The fourth-order valence-electron chi connectivity index (χ4n) is 1.93. The van der Waals surface area contributed by atoms with Gasteiger partial charge in [0.2, 0.25) is 5.13 Å². The summed E-state index contributed by atoms with van der Waals surface area (Å²) in [5, 5.41) is 4.13. The van der Waals surface area contributed by atoms with Crippen molar-refractivity contribution in [1.82, 2.24) is 9.36 Å². The predicted octanol–water partition coefficient (Wildman–Crippen LogP) is 2.01. The van der Waals surface area contributed by atoms with E-state index in [0.29, 0.717) is 13.2 Å². The van der Waals surface area contributed by atoms with E-state index in [-0.39, 0.29) is 5.60 Å². The third-order valence-corrected chi connectivity index (χ3v) is 3.72. The summed E-state index contributed by atoms with van der Waals surface area (Å²) in [5.74, 6) is 0.798. The van der Waals surface area contributed by atoms with Crippen molar-refractivity contribution in [2.75, 3.05) is 32.2 Å². The lowest BCUT2D eigenvalue weighted by Gasteiger charge is -2.33. The van der Waals surface area contributed by atoms with Crippen LogP contribution >= 0.6 is 11.5 Å². The second kappa shape index (κ2) is 5.75. The molecule has 5 nitrogen and oxygen atoms in total. The lowest BCUT2D eigenvalue weighted by atomic mass is 9.93. The molecule has 2 heterocycles. The van der Waals surface area contributed by atoms with Crippen molar-refractivity contribution in [2.24, 2.45) is 0 Å². The van der Waals surface area contributed by atoms with Gasteiger partial charge in [-0.2, -0.15) is 4.37 Å². The lowest BCUT2D eigenvalue weighted by molar-refractivity contribution is -0.0993. The summed E-state index contributed by atoms with van der Waals surface area (Å²) >= 11 is 1.40. The molecule has 0 bridgehead atoms. The van der Waals surface area contributed by atoms with Gasteiger partial charge in [-0.1, -0.05) is 6.92 Å². The van der Waals surface area contributed by atoms with E-state index in [4.69, 9.17) is 9.47 Å². The molecule has 1 fully saturated rings. The normalized spacial score (nSPS) is 19.2. The van der Waals surface area contributed by atoms with Crippen molar-refractivity contribution in [1.29, 1.82) is 0 Å². The molecule has 96 valence electrons. The zero-order valence-corrected chi connectivity index (χ0v) is 11.2. The van der Waals surface area contributed by atoms with Crippen LogP contribution in [0.3, 0.4) is 0 Å². The number of ether oxygens (including phenoxy) is 2. The summed E-state index contributed by atoms with van der Waals surface area (Å²) in [4.78, 5) is 4.53. The number of anilines is 1. The van der Waals surface area contributed by atoms with Gasteiger partial charge in [0.1, 0.15) is 5.60 Å². The fraction of sp³-hybridized carbons (Fsp3) is 0.818. The van der Waals surface area contributed by atoms with E-state index in [1.165, 1.54) is 11.5 Å². The standard InChI is InChI=1S/C11H19N3O2S/c1-3-6-12-10-13-9(14-17-10)11(15-2)4-7-16-8-5-11/h3-8H2,1-2H3,(H,12,13,14). The van der Waals surface area contributed by atoms with Gasteiger partial charge in [-0.05, 0) is 6.42 Å². The van der Waals surface area contributed by atoms with E-state index in [2.05, 4.69) is 21.6 Å². The molecule has 0 aromatic carbocycles. The number of hydrogen-bond acceptors (Lipinski definition) is 6. The highest BCUT2D eigenvalue weighted by Gasteiger charge is 2.38. The third kappa shape index (κ3) is 2.75. The number of nitrogens with one attached hydrogen (secondary N) is 1. The first-order valence-electron chi connectivity index (χ1n) is 6.02. The average molecular weight is 257 g/mol.